The Morgan fingerprint density at radius 2 is 1.85 bits per heavy atom. The molecule has 0 heterocycles. The second-order valence-corrected chi connectivity index (χ2v) is 5.03. The zero-order chi connectivity index (χ0) is 9.26. The molecule has 76 valence electrons. The fourth-order valence-electron chi connectivity index (χ4n) is 3.55. The lowest BCUT2D eigenvalue weighted by Gasteiger charge is -2.44. The van der Waals surface area contributed by atoms with E-state index in [-0.39, 0.29) is 0 Å². The summed E-state index contributed by atoms with van der Waals surface area (Å²) in [4.78, 5) is 0. The van der Waals surface area contributed by atoms with Crippen LogP contribution in [0.2, 0.25) is 0 Å². The molecule has 0 aromatic heterocycles. The molecule has 0 aromatic carbocycles. The number of hydrogen-bond donors (Lipinski definition) is 1. The Bertz CT molecular complexity index is 167. The Hall–Kier alpha value is -0.0400. The molecule has 13 heavy (non-hydrogen) atoms. The van der Waals surface area contributed by atoms with Crippen LogP contribution in [0.5, 0.6) is 0 Å². The maximum Gasteiger partial charge on any atom is 0.00981 e. The first-order valence-corrected chi connectivity index (χ1v) is 6.08. The van der Waals surface area contributed by atoms with Crippen LogP contribution in [0.4, 0.5) is 0 Å². The zero-order valence-electron chi connectivity index (χ0n) is 8.84. The summed E-state index contributed by atoms with van der Waals surface area (Å²) < 4.78 is 0. The molecule has 0 aliphatic heterocycles. The van der Waals surface area contributed by atoms with Gasteiger partial charge in [0.1, 0.15) is 0 Å². The topological polar surface area (TPSA) is 26.0 Å². The molecule has 0 saturated heterocycles. The van der Waals surface area contributed by atoms with Gasteiger partial charge in [0, 0.05) is 6.04 Å². The van der Waals surface area contributed by atoms with Crippen molar-refractivity contribution in [3.05, 3.63) is 0 Å². The van der Waals surface area contributed by atoms with E-state index in [1.807, 2.05) is 0 Å². The van der Waals surface area contributed by atoms with Gasteiger partial charge in [-0.3, -0.25) is 0 Å². The van der Waals surface area contributed by atoms with Crippen molar-refractivity contribution in [3.63, 3.8) is 0 Å². The first-order chi connectivity index (χ1) is 6.33. The van der Waals surface area contributed by atoms with Crippen molar-refractivity contribution >= 4 is 0 Å². The molecule has 0 spiro atoms. The van der Waals surface area contributed by atoms with Crippen LogP contribution < -0.4 is 5.73 Å². The molecule has 2 fully saturated rings. The second kappa shape index (κ2) is 4.00. The molecule has 4 atom stereocenters. The highest BCUT2D eigenvalue weighted by Gasteiger charge is 2.37. The van der Waals surface area contributed by atoms with Crippen molar-refractivity contribution < 1.29 is 0 Å². The van der Waals surface area contributed by atoms with Gasteiger partial charge in [0.25, 0.3) is 0 Å². The Kier molecular flexibility index (Phi) is 2.92. The van der Waals surface area contributed by atoms with E-state index in [0.717, 1.165) is 17.8 Å². The van der Waals surface area contributed by atoms with Crippen LogP contribution in [0.3, 0.4) is 0 Å². The molecule has 0 bridgehead atoms. The summed E-state index contributed by atoms with van der Waals surface area (Å²) in [6, 6.07) is 0.532. The molecular weight excluding hydrogens is 158 g/mol. The van der Waals surface area contributed by atoms with Crippen LogP contribution in [0, 0.1) is 17.8 Å². The fourth-order valence-corrected chi connectivity index (χ4v) is 3.55. The van der Waals surface area contributed by atoms with E-state index in [1.165, 1.54) is 44.9 Å². The van der Waals surface area contributed by atoms with Crippen molar-refractivity contribution in [2.24, 2.45) is 23.5 Å². The third kappa shape index (κ3) is 1.76. The third-order valence-corrected chi connectivity index (χ3v) is 4.44. The molecular formula is C12H23N. The quantitative estimate of drug-likeness (QED) is 0.661. The molecule has 2 aliphatic carbocycles. The minimum Gasteiger partial charge on any atom is -0.327 e. The van der Waals surface area contributed by atoms with Crippen molar-refractivity contribution in [2.75, 3.05) is 0 Å². The minimum absolute atomic E-state index is 0.532. The Morgan fingerprint density at radius 1 is 1.08 bits per heavy atom. The maximum absolute atomic E-state index is 6.34. The van der Waals surface area contributed by atoms with Gasteiger partial charge in [-0.1, -0.05) is 32.6 Å². The van der Waals surface area contributed by atoms with Gasteiger partial charge in [0.2, 0.25) is 0 Å². The summed E-state index contributed by atoms with van der Waals surface area (Å²) in [5, 5.41) is 0. The number of hydrogen-bond acceptors (Lipinski definition) is 1. The SMILES string of the molecule is CCC1CCC2CCCCC2C1N. The maximum atomic E-state index is 6.34. The van der Waals surface area contributed by atoms with E-state index in [4.69, 9.17) is 5.73 Å². The average molecular weight is 181 g/mol. The summed E-state index contributed by atoms with van der Waals surface area (Å²) in [5.74, 6) is 2.71. The Labute approximate surface area is 82.1 Å². The van der Waals surface area contributed by atoms with Crippen molar-refractivity contribution in [1.29, 1.82) is 0 Å². The van der Waals surface area contributed by atoms with E-state index < -0.39 is 0 Å². The van der Waals surface area contributed by atoms with Gasteiger partial charge in [-0.25, -0.2) is 0 Å². The van der Waals surface area contributed by atoms with Crippen molar-refractivity contribution in [2.45, 2.75) is 57.9 Å². The van der Waals surface area contributed by atoms with E-state index in [2.05, 4.69) is 6.92 Å². The van der Waals surface area contributed by atoms with E-state index in [9.17, 15) is 0 Å². The first-order valence-electron chi connectivity index (χ1n) is 6.08. The standard InChI is InChI=1S/C12H23N/c1-2-9-7-8-10-5-3-4-6-11(10)12(9)13/h9-12H,2-8,13H2,1H3. The first kappa shape index (κ1) is 9.51. The monoisotopic (exact) mass is 181 g/mol. The van der Waals surface area contributed by atoms with Gasteiger partial charge >= 0.3 is 0 Å². The molecule has 2 rings (SSSR count). The van der Waals surface area contributed by atoms with Crippen LogP contribution in [0.1, 0.15) is 51.9 Å². The highest BCUT2D eigenvalue weighted by molar-refractivity contribution is 4.91. The smallest absolute Gasteiger partial charge is 0.00981 e. The van der Waals surface area contributed by atoms with Gasteiger partial charge in [-0.2, -0.15) is 0 Å². The van der Waals surface area contributed by atoms with Crippen LogP contribution in [0.15, 0.2) is 0 Å². The summed E-state index contributed by atoms with van der Waals surface area (Å²) in [6.07, 6.45) is 9.95. The second-order valence-electron chi connectivity index (χ2n) is 5.03. The van der Waals surface area contributed by atoms with Gasteiger partial charge in [-0.15, -0.1) is 0 Å². The molecule has 2 saturated carbocycles. The Balaban J connectivity index is 2.01. The normalized spacial score (nSPS) is 45.7. The third-order valence-electron chi connectivity index (χ3n) is 4.44. The summed E-state index contributed by atoms with van der Waals surface area (Å²) >= 11 is 0. The van der Waals surface area contributed by atoms with Crippen molar-refractivity contribution in [1.82, 2.24) is 0 Å². The van der Waals surface area contributed by atoms with Gasteiger partial charge in [0.05, 0.1) is 0 Å². The largest absolute Gasteiger partial charge is 0.327 e. The zero-order valence-corrected chi connectivity index (χ0v) is 8.84. The van der Waals surface area contributed by atoms with Gasteiger partial charge < -0.3 is 5.73 Å². The highest BCUT2D eigenvalue weighted by atomic mass is 14.7. The molecule has 2 N–H and O–H groups in total. The van der Waals surface area contributed by atoms with Gasteiger partial charge in [0.15, 0.2) is 0 Å². The number of nitrogens with two attached hydrogens (primary N) is 1. The molecule has 2 aliphatic rings. The predicted octanol–water partition coefficient (Wildman–Crippen LogP) is 2.94. The predicted molar refractivity (Wildman–Crippen MR) is 56.4 cm³/mol. The number of fused-ring (bicyclic) bond motifs is 1. The average Bonchev–Trinajstić information content (AvgIpc) is 2.19. The van der Waals surface area contributed by atoms with Crippen LogP contribution in [0.25, 0.3) is 0 Å². The number of rotatable bonds is 1. The Morgan fingerprint density at radius 3 is 2.62 bits per heavy atom. The van der Waals surface area contributed by atoms with E-state index >= 15 is 0 Å². The van der Waals surface area contributed by atoms with Gasteiger partial charge in [-0.05, 0) is 37.0 Å². The lowest BCUT2D eigenvalue weighted by Crippen LogP contribution is -2.46. The van der Waals surface area contributed by atoms with E-state index in [0.29, 0.717) is 6.04 Å². The summed E-state index contributed by atoms with van der Waals surface area (Å²) in [7, 11) is 0. The van der Waals surface area contributed by atoms with Crippen LogP contribution in [-0.2, 0) is 0 Å². The lowest BCUT2D eigenvalue weighted by molar-refractivity contribution is 0.100. The summed E-state index contributed by atoms with van der Waals surface area (Å²) in [5.41, 5.74) is 6.34. The fraction of sp³-hybridized carbons (Fsp3) is 1.00. The highest BCUT2D eigenvalue weighted by Crippen LogP contribution is 2.42. The molecule has 0 aromatic rings. The van der Waals surface area contributed by atoms with Crippen molar-refractivity contribution in [3.8, 4) is 0 Å². The summed E-state index contributed by atoms with van der Waals surface area (Å²) in [6.45, 7) is 2.30. The minimum atomic E-state index is 0.532. The van der Waals surface area contributed by atoms with Crippen LogP contribution >= 0.6 is 0 Å². The van der Waals surface area contributed by atoms with Crippen LogP contribution in [-0.4, -0.2) is 6.04 Å². The molecule has 0 amide bonds. The molecule has 0 radical (unpaired) electrons. The molecule has 1 heteroatoms. The molecule has 1 nitrogen and oxygen atoms in total. The lowest BCUT2D eigenvalue weighted by atomic mass is 9.64. The molecule has 4 unspecified atom stereocenters. The van der Waals surface area contributed by atoms with E-state index in [1.54, 1.807) is 0 Å².